The van der Waals surface area contributed by atoms with E-state index in [2.05, 4.69) is 12.2 Å². The van der Waals surface area contributed by atoms with Crippen LogP contribution in [-0.4, -0.2) is 35.8 Å². The normalized spacial score (nSPS) is 42.1. The number of carbonyl (C=O) groups is 2. The van der Waals surface area contributed by atoms with Gasteiger partial charge in [-0.05, 0) is 38.1 Å². The van der Waals surface area contributed by atoms with Crippen LogP contribution in [0.25, 0.3) is 0 Å². The van der Waals surface area contributed by atoms with Gasteiger partial charge in [0.1, 0.15) is 0 Å². The molecule has 0 aromatic rings. The number of imide groups is 1. The summed E-state index contributed by atoms with van der Waals surface area (Å²) >= 11 is 0. The van der Waals surface area contributed by atoms with Crippen molar-refractivity contribution in [1.82, 2.24) is 10.2 Å². The van der Waals surface area contributed by atoms with Crippen molar-refractivity contribution in [1.29, 1.82) is 0 Å². The van der Waals surface area contributed by atoms with E-state index in [-0.39, 0.29) is 29.7 Å². The van der Waals surface area contributed by atoms with Crippen molar-refractivity contribution < 1.29 is 9.59 Å². The molecule has 0 bridgehead atoms. The van der Waals surface area contributed by atoms with Gasteiger partial charge in [0.2, 0.25) is 11.8 Å². The van der Waals surface area contributed by atoms with Gasteiger partial charge in [0.25, 0.3) is 0 Å². The number of rotatable bonds is 1. The predicted molar refractivity (Wildman–Crippen MR) is 63.1 cm³/mol. The second-order valence-corrected chi connectivity index (χ2v) is 5.84. The molecular weight excluding hydrogens is 216 g/mol. The lowest BCUT2D eigenvalue weighted by Crippen LogP contribution is -2.49. The van der Waals surface area contributed by atoms with Gasteiger partial charge in [0.05, 0.1) is 17.9 Å². The summed E-state index contributed by atoms with van der Waals surface area (Å²) in [5, 5.41) is 3.28. The van der Waals surface area contributed by atoms with E-state index < -0.39 is 0 Å². The van der Waals surface area contributed by atoms with Gasteiger partial charge < -0.3 is 5.32 Å². The molecule has 1 aliphatic carbocycles. The molecule has 17 heavy (non-hydrogen) atoms. The van der Waals surface area contributed by atoms with Crippen LogP contribution in [0.1, 0.15) is 32.6 Å². The van der Waals surface area contributed by atoms with Crippen molar-refractivity contribution in [2.75, 3.05) is 13.1 Å². The number of nitrogens with one attached hydrogen (secondary N) is 1. The smallest absolute Gasteiger partial charge is 0.233 e. The number of amides is 2. The molecule has 3 unspecified atom stereocenters. The van der Waals surface area contributed by atoms with Gasteiger partial charge in [-0.25, -0.2) is 0 Å². The van der Waals surface area contributed by atoms with Gasteiger partial charge in [-0.15, -0.1) is 0 Å². The maximum atomic E-state index is 12.3. The summed E-state index contributed by atoms with van der Waals surface area (Å²) in [6, 6.07) is 0.115. The molecule has 94 valence electrons. The Morgan fingerprint density at radius 3 is 2.35 bits per heavy atom. The molecule has 2 saturated heterocycles. The Balaban J connectivity index is 1.79. The Labute approximate surface area is 102 Å². The van der Waals surface area contributed by atoms with E-state index in [0.29, 0.717) is 5.92 Å². The van der Waals surface area contributed by atoms with Crippen LogP contribution in [0, 0.1) is 17.8 Å². The number of carbonyl (C=O) groups excluding carboxylic acids is 2. The third-order valence-electron chi connectivity index (χ3n) is 4.54. The molecule has 0 radical (unpaired) electrons. The first-order chi connectivity index (χ1) is 8.18. The van der Waals surface area contributed by atoms with Crippen LogP contribution in [0.3, 0.4) is 0 Å². The third kappa shape index (κ3) is 1.69. The molecule has 4 nitrogen and oxygen atoms in total. The van der Waals surface area contributed by atoms with Gasteiger partial charge in [-0.1, -0.05) is 6.92 Å². The van der Waals surface area contributed by atoms with Gasteiger partial charge in [0, 0.05) is 6.54 Å². The van der Waals surface area contributed by atoms with E-state index in [1.165, 1.54) is 0 Å². The molecule has 0 aromatic carbocycles. The van der Waals surface area contributed by atoms with Crippen molar-refractivity contribution in [2.24, 2.45) is 17.8 Å². The highest BCUT2D eigenvalue weighted by molar-refractivity contribution is 6.05. The third-order valence-corrected chi connectivity index (χ3v) is 4.54. The van der Waals surface area contributed by atoms with E-state index in [4.69, 9.17) is 0 Å². The molecule has 4 heteroatoms. The molecule has 3 aliphatic rings. The molecule has 2 aliphatic heterocycles. The number of fused-ring (bicyclic) bond motifs is 1. The molecule has 2 heterocycles. The van der Waals surface area contributed by atoms with Crippen molar-refractivity contribution in [3.8, 4) is 0 Å². The van der Waals surface area contributed by atoms with Crippen LogP contribution in [0.4, 0.5) is 0 Å². The second-order valence-electron chi connectivity index (χ2n) is 5.84. The molecule has 3 atom stereocenters. The summed E-state index contributed by atoms with van der Waals surface area (Å²) in [6.07, 6.45) is 3.85. The topological polar surface area (TPSA) is 49.4 Å². The van der Waals surface area contributed by atoms with Gasteiger partial charge in [0.15, 0.2) is 0 Å². The Kier molecular flexibility index (Phi) is 2.69. The standard InChI is InChI=1S/C13H20N2O2/c1-8-5-10-11(6-8)13(17)15(12(10)16)9-3-2-4-14-7-9/h8-11,14H,2-7H2,1H3. The van der Waals surface area contributed by atoms with Crippen molar-refractivity contribution >= 4 is 11.8 Å². The van der Waals surface area contributed by atoms with E-state index >= 15 is 0 Å². The summed E-state index contributed by atoms with van der Waals surface area (Å²) < 4.78 is 0. The van der Waals surface area contributed by atoms with Crippen LogP contribution < -0.4 is 5.32 Å². The van der Waals surface area contributed by atoms with E-state index in [9.17, 15) is 9.59 Å². The average Bonchev–Trinajstić information content (AvgIpc) is 2.81. The van der Waals surface area contributed by atoms with Gasteiger partial charge in [-0.3, -0.25) is 14.5 Å². The average molecular weight is 236 g/mol. The highest BCUT2D eigenvalue weighted by Crippen LogP contribution is 2.43. The quantitative estimate of drug-likeness (QED) is 0.684. The first kappa shape index (κ1) is 11.2. The molecule has 3 fully saturated rings. The highest BCUT2D eigenvalue weighted by atomic mass is 16.2. The minimum Gasteiger partial charge on any atom is -0.315 e. The maximum absolute atomic E-state index is 12.3. The van der Waals surface area contributed by atoms with Crippen molar-refractivity contribution in [3.05, 3.63) is 0 Å². The van der Waals surface area contributed by atoms with Crippen LogP contribution in [0.2, 0.25) is 0 Å². The lowest BCUT2D eigenvalue weighted by Gasteiger charge is -2.31. The molecule has 1 N–H and O–H groups in total. The SMILES string of the molecule is CC1CC2C(=O)N(C3CCCNC3)C(=O)C2C1. The van der Waals surface area contributed by atoms with Gasteiger partial charge >= 0.3 is 0 Å². The fraction of sp³-hybridized carbons (Fsp3) is 0.846. The molecule has 3 rings (SSSR count). The largest absolute Gasteiger partial charge is 0.315 e. The number of nitrogens with zero attached hydrogens (tertiary/aromatic N) is 1. The lowest BCUT2D eigenvalue weighted by molar-refractivity contribution is -0.143. The Hall–Kier alpha value is -0.900. The summed E-state index contributed by atoms with van der Waals surface area (Å²) in [5.74, 6) is 0.750. The fourth-order valence-electron chi connectivity index (χ4n) is 3.72. The molecule has 2 amide bonds. The Morgan fingerprint density at radius 1 is 1.18 bits per heavy atom. The molecule has 0 aromatic heterocycles. The minimum atomic E-state index is -0.000531. The molecule has 1 saturated carbocycles. The summed E-state index contributed by atoms with van der Waals surface area (Å²) in [7, 11) is 0. The summed E-state index contributed by atoms with van der Waals surface area (Å²) in [6.45, 7) is 3.94. The van der Waals surface area contributed by atoms with Crippen LogP contribution >= 0.6 is 0 Å². The Morgan fingerprint density at radius 2 is 1.82 bits per heavy atom. The zero-order chi connectivity index (χ0) is 12.0. The minimum absolute atomic E-state index is 0.000531. The van der Waals surface area contributed by atoms with Crippen LogP contribution in [0.15, 0.2) is 0 Å². The zero-order valence-corrected chi connectivity index (χ0v) is 10.3. The first-order valence-corrected chi connectivity index (χ1v) is 6.76. The van der Waals surface area contributed by atoms with Crippen LogP contribution in [0.5, 0.6) is 0 Å². The number of hydrogen-bond acceptors (Lipinski definition) is 3. The number of piperidine rings is 1. The lowest BCUT2D eigenvalue weighted by atomic mass is 10.00. The van der Waals surface area contributed by atoms with Crippen molar-refractivity contribution in [2.45, 2.75) is 38.6 Å². The predicted octanol–water partition coefficient (Wildman–Crippen LogP) is 0.770. The van der Waals surface area contributed by atoms with Crippen LogP contribution in [-0.2, 0) is 9.59 Å². The fourth-order valence-corrected chi connectivity index (χ4v) is 3.72. The monoisotopic (exact) mass is 236 g/mol. The highest BCUT2D eigenvalue weighted by Gasteiger charge is 2.53. The van der Waals surface area contributed by atoms with Crippen molar-refractivity contribution in [3.63, 3.8) is 0 Å². The van der Waals surface area contributed by atoms with E-state index in [0.717, 1.165) is 38.8 Å². The summed E-state index contributed by atoms with van der Waals surface area (Å²) in [4.78, 5) is 26.2. The van der Waals surface area contributed by atoms with E-state index in [1.54, 1.807) is 4.90 Å². The zero-order valence-electron chi connectivity index (χ0n) is 10.3. The molecule has 0 spiro atoms. The Bertz CT molecular complexity index is 325. The van der Waals surface area contributed by atoms with E-state index in [1.807, 2.05) is 0 Å². The van der Waals surface area contributed by atoms with Gasteiger partial charge in [-0.2, -0.15) is 0 Å². The summed E-state index contributed by atoms with van der Waals surface area (Å²) in [5.41, 5.74) is 0. The first-order valence-electron chi connectivity index (χ1n) is 6.76. The second kappa shape index (κ2) is 4.09. The maximum Gasteiger partial charge on any atom is 0.233 e. The molecular formula is C13H20N2O2. The number of likely N-dealkylation sites (tertiary alicyclic amines) is 1. The number of hydrogen-bond donors (Lipinski definition) is 1.